The predicted molar refractivity (Wildman–Crippen MR) is 49.3 cm³/mol. The van der Waals surface area contributed by atoms with Crippen molar-refractivity contribution in [1.82, 2.24) is 9.78 Å². The van der Waals surface area contributed by atoms with E-state index in [-0.39, 0.29) is 5.82 Å². The molecule has 0 saturated carbocycles. The molecular weight excluding hydrogens is 184 g/mol. The number of amides is 1. The molecule has 6 heteroatoms. The second-order valence-electron chi connectivity index (χ2n) is 2.68. The summed E-state index contributed by atoms with van der Waals surface area (Å²) in [5.74, 6) is 0.723. The molecule has 72 valence electrons. The molecule has 0 spiro atoms. The summed E-state index contributed by atoms with van der Waals surface area (Å²) in [6.45, 7) is 0. The van der Waals surface area contributed by atoms with Crippen LogP contribution < -0.4 is 11.5 Å². The molecule has 2 aromatic rings. The highest BCUT2D eigenvalue weighted by molar-refractivity contribution is 5.78. The van der Waals surface area contributed by atoms with Crippen LogP contribution in [0.4, 0.5) is 10.6 Å². The Labute approximate surface area is 79.1 Å². The topological polar surface area (TPSA) is 100 Å². The van der Waals surface area contributed by atoms with Crippen LogP contribution in [0.15, 0.2) is 28.9 Å². The summed E-state index contributed by atoms with van der Waals surface area (Å²) in [7, 11) is 0. The van der Waals surface area contributed by atoms with Gasteiger partial charge in [0.25, 0.3) is 0 Å². The van der Waals surface area contributed by atoms with Crippen LogP contribution in [0.2, 0.25) is 0 Å². The molecule has 14 heavy (non-hydrogen) atoms. The highest BCUT2D eigenvalue weighted by Gasteiger charge is 2.11. The van der Waals surface area contributed by atoms with E-state index in [1.165, 1.54) is 12.3 Å². The monoisotopic (exact) mass is 192 g/mol. The van der Waals surface area contributed by atoms with Gasteiger partial charge < -0.3 is 15.9 Å². The number of nitrogen functional groups attached to an aromatic ring is 1. The van der Waals surface area contributed by atoms with Crippen molar-refractivity contribution in [2.45, 2.75) is 0 Å². The van der Waals surface area contributed by atoms with Crippen LogP contribution in [0.5, 0.6) is 0 Å². The van der Waals surface area contributed by atoms with Crippen molar-refractivity contribution in [3.05, 3.63) is 24.5 Å². The zero-order chi connectivity index (χ0) is 10.1. The molecule has 1 amide bonds. The zero-order valence-corrected chi connectivity index (χ0v) is 7.18. The lowest BCUT2D eigenvalue weighted by atomic mass is 10.3. The van der Waals surface area contributed by atoms with Crippen molar-refractivity contribution in [1.29, 1.82) is 0 Å². The van der Waals surface area contributed by atoms with Gasteiger partial charge in [0.1, 0.15) is 11.5 Å². The number of carbonyl (C=O) groups excluding carboxylic acids is 1. The van der Waals surface area contributed by atoms with Crippen molar-refractivity contribution in [2.24, 2.45) is 5.73 Å². The molecule has 2 rings (SSSR count). The smallest absolute Gasteiger partial charge is 0.341 e. The van der Waals surface area contributed by atoms with Gasteiger partial charge in [0.2, 0.25) is 0 Å². The summed E-state index contributed by atoms with van der Waals surface area (Å²) in [5.41, 5.74) is 11.0. The summed E-state index contributed by atoms with van der Waals surface area (Å²) in [6.07, 6.45) is 1.51. The maximum Gasteiger partial charge on any atom is 0.341 e. The maximum atomic E-state index is 10.8. The van der Waals surface area contributed by atoms with Gasteiger partial charge in [0.15, 0.2) is 5.76 Å². The first-order valence-corrected chi connectivity index (χ1v) is 3.87. The number of primary amides is 1. The van der Waals surface area contributed by atoms with Crippen molar-refractivity contribution < 1.29 is 9.21 Å². The molecule has 0 atom stereocenters. The van der Waals surface area contributed by atoms with Crippen LogP contribution >= 0.6 is 0 Å². The molecular formula is C8H8N4O2. The summed E-state index contributed by atoms with van der Waals surface area (Å²) >= 11 is 0. The van der Waals surface area contributed by atoms with Crippen LogP contribution in [0, 0.1) is 0 Å². The quantitative estimate of drug-likeness (QED) is 0.692. The van der Waals surface area contributed by atoms with Gasteiger partial charge in [-0.05, 0) is 12.1 Å². The lowest BCUT2D eigenvalue weighted by molar-refractivity contribution is 0.248. The Kier molecular flexibility index (Phi) is 1.74. The van der Waals surface area contributed by atoms with Gasteiger partial charge in [-0.2, -0.15) is 9.78 Å². The van der Waals surface area contributed by atoms with E-state index < -0.39 is 6.03 Å². The first-order valence-electron chi connectivity index (χ1n) is 3.87. The summed E-state index contributed by atoms with van der Waals surface area (Å²) in [5, 5.41) is 3.88. The van der Waals surface area contributed by atoms with Crippen LogP contribution in [0.1, 0.15) is 0 Å². The van der Waals surface area contributed by atoms with E-state index in [1.54, 1.807) is 12.1 Å². The number of nitrogens with zero attached hydrogens (tertiary/aromatic N) is 2. The number of aromatic nitrogens is 2. The summed E-state index contributed by atoms with van der Waals surface area (Å²) in [6, 6.07) is 4.23. The molecule has 0 fully saturated rings. The first-order chi connectivity index (χ1) is 6.68. The normalized spacial score (nSPS) is 10.3. The summed E-state index contributed by atoms with van der Waals surface area (Å²) < 4.78 is 6.00. The number of anilines is 1. The SMILES string of the molecule is NC(=O)n1nc(-c2ccco2)cc1N. The van der Waals surface area contributed by atoms with Gasteiger partial charge in [-0.25, -0.2) is 4.79 Å². The molecule has 2 aromatic heterocycles. The molecule has 0 radical (unpaired) electrons. The average molecular weight is 192 g/mol. The highest BCUT2D eigenvalue weighted by atomic mass is 16.3. The number of rotatable bonds is 1. The molecule has 2 heterocycles. The summed E-state index contributed by atoms with van der Waals surface area (Å²) in [4.78, 5) is 10.8. The Bertz CT molecular complexity index is 458. The Morgan fingerprint density at radius 2 is 2.36 bits per heavy atom. The Balaban J connectivity index is 2.48. The van der Waals surface area contributed by atoms with E-state index in [2.05, 4.69) is 5.10 Å². The van der Waals surface area contributed by atoms with Crippen LogP contribution in [-0.2, 0) is 0 Å². The lowest BCUT2D eigenvalue weighted by Gasteiger charge is -1.93. The van der Waals surface area contributed by atoms with E-state index in [4.69, 9.17) is 15.9 Å². The van der Waals surface area contributed by atoms with Crippen molar-refractivity contribution in [3.8, 4) is 11.5 Å². The van der Waals surface area contributed by atoms with Crippen LogP contribution in [0.25, 0.3) is 11.5 Å². The van der Waals surface area contributed by atoms with E-state index in [0.717, 1.165) is 4.68 Å². The van der Waals surface area contributed by atoms with E-state index in [0.29, 0.717) is 11.5 Å². The predicted octanol–water partition coefficient (Wildman–Crippen LogP) is 0.652. The largest absolute Gasteiger partial charge is 0.463 e. The van der Waals surface area contributed by atoms with Crippen molar-refractivity contribution in [2.75, 3.05) is 5.73 Å². The second kappa shape index (κ2) is 2.91. The van der Waals surface area contributed by atoms with Gasteiger partial charge in [-0.1, -0.05) is 0 Å². The number of furan rings is 1. The van der Waals surface area contributed by atoms with E-state index in [9.17, 15) is 4.79 Å². The van der Waals surface area contributed by atoms with Gasteiger partial charge in [-0.3, -0.25) is 0 Å². The second-order valence-corrected chi connectivity index (χ2v) is 2.68. The number of carbonyl (C=O) groups is 1. The number of nitrogens with two attached hydrogens (primary N) is 2. The first kappa shape index (κ1) is 8.36. The average Bonchev–Trinajstić information content (AvgIpc) is 2.70. The minimum Gasteiger partial charge on any atom is -0.463 e. The maximum absolute atomic E-state index is 10.8. The zero-order valence-electron chi connectivity index (χ0n) is 7.18. The molecule has 0 aliphatic heterocycles. The third-order valence-electron chi connectivity index (χ3n) is 1.72. The van der Waals surface area contributed by atoms with Gasteiger partial charge in [0.05, 0.1) is 6.26 Å². The van der Waals surface area contributed by atoms with Crippen LogP contribution in [-0.4, -0.2) is 15.8 Å². The molecule has 0 aliphatic rings. The van der Waals surface area contributed by atoms with Crippen molar-refractivity contribution in [3.63, 3.8) is 0 Å². The minimum atomic E-state index is -0.722. The van der Waals surface area contributed by atoms with Crippen LogP contribution in [0.3, 0.4) is 0 Å². The third kappa shape index (κ3) is 1.22. The fourth-order valence-corrected chi connectivity index (χ4v) is 1.12. The number of hydrogen-bond acceptors (Lipinski definition) is 4. The lowest BCUT2D eigenvalue weighted by Crippen LogP contribution is -2.22. The fourth-order valence-electron chi connectivity index (χ4n) is 1.12. The van der Waals surface area contributed by atoms with Crippen molar-refractivity contribution >= 4 is 11.8 Å². The standard InChI is InChI=1S/C8H8N4O2/c9-7-4-5(6-2-1-3-14-6)11-12(7)8(10)13/h1-4H,9H2,(H2,10,13). The Morgan fingerprint density at radius 3 is 2.86 bits per heavy atom. The molecule has 0 aliphatic carbocycles. The van der Waals surface area contributed by atoms with E-state index >= 15 is 0 Å². The molecule has 4 N–H and O–H groups in total. The molecule has 6 nitrogen and oxygen atoms in total. The molecule has 0 aromatic carbocycles. The Morgan fingerprint density at radius 1 is 1.57 bits per heavy atom. The highest BCUT2D eigenvalue weighted by Crippen LogP contribution is 2.20. The minimum absolute atomic E-state index is 0.184. The third-order valence-corrected chi connectivity index (χ3v) is 1.72. The van der Waals surface area contributed by atoms with E-state index in [1.807, 2.05) is 0 Å². The molecule has 0 bridgehead atoms. The molecule has 0 unspecified atom stereocenters. The fraction of sp³-hybridized carbons (Fsp3) is 0. The van der Waals surface area contributed by atoms with Gasteiger partial charge in [0, 0.05) is 6.07 Å². The van der Waals surface area contributed by atoms with Gasteiger partial charge >= 0.3 is 6.03 Å². The number of hydrogen-bond donors (Lipinski definition) is 2. The van der Waals surface area contributed by atoms with Gasteiger partial charge in [-0.15, -0.1) is 0 Å². The Hall–Kier alpha value is -2.24. The molecule has 0 saturated heterocycles.